The van der Waals surface area contributed by atoms with Gasteiger partial charge in [0.25, 0.3) is 5.91 Å². The standard InChI is InChI=1S/C45H62FN3O7/c1-28(2)40-39(42(47)52)38(30-13-11-10-12-14-30)41(31-15-17-32(46)18-16-31)49(40)22-20-29-23-34(53-44(6,7)27-29)25-36(50)48-21-19-33-24-35(55-45(8,9)54-33)26-37(51)56-43(3,4)5/h10-18,28-29,33-35H,19-27H2,1-9H3,(H2,47,52)(H,48,50)/t29-,33-,34-,35-/m1/s1. The highest BCUT2D eigenvalue weighted by Gasteiger charge is 2.38. The molecule has 0 unspecified atom stereocenters. The molecule has 3 heterocycles. The van der Waals surface area contributed by atoms with Crippen molar-refractivity contribution in [2.24, 2.45) is 11.7 Å². The average molecular weight is 776 g/mol. The molecule has 306 valence electrons. The summed E-state index contributed by atoms with van der Waals surface area (Å²) in [6, 6.07) is 16.1. The summed E-state index contributed by atoms with van der Waals surface area (Å²) in [5.74, 6) is -1.89. The van der Waals surface area contributed by atoms with Crippen molar-refractivity contribution in [3.63, 3.8) is 0 Å². The van der Waals surface area contributed by atoms with Crippen molar-refractivity contribution in [3.05, 3.63) is 71.7 Å². The number of rotatable bonds is 14. The smallest absolute Gasteiger partial charge is 0.308 e. The summed E-state index contributed by atoms with van der Waals surface area (Å²) in [5.41, 5.74) is 9.73. The van der Waals surface area contributed by atoms with Gasteiger partial charge in [0.1, 0.15) is 11.4 Å². The van der Waals surface area contributed by atoms with Gasteiger partial charge in [-0.3, -0.25) is 14.4 Å². The number of carbonyl (C=O) groups is 3. The van der Waals surface area contributed by atoms with Crippen LogP contribution in [-0.2, 0) is 35.1 Å². The number of amides is 2. The summed E-state index contributed by atoms with van der Waals surface area (Å²) in [6.07, 6.45) is 2.96. The maximum atomic E-state index is 14.2. The van der Waals surface area contributed by atoms with Crippen molar-refractivity contribution in [1.82, 2.24) is 9.88 Å². The third-order valence-electron chi connectivity index (χ3n) is 10.3. The second kappa shape index (κ2) is 17.6. The number of halogens is 1. The zero-order valence-corrected chi connectivity index (χ0v) is 34.7. The number of hydrogen-bond donors (Lipinski definition) is 2. The monoisotopic (exact) mass is 775 g/mol. The van der Waals surface area contributed by atoms with Crippen LogP contribution in [0.3, 0.4) is 0 Å². The molecule has 3 N–H and O–H groups in total. The van der Waals surface area contributed by atoms with E-state index in [4.69, 9.17) is 24.7 Å². The molecule has 1 aromatic heterocycles. The largest absolute Gasteiger partial charge is 0.460 e. The summed E-state index contributed by atoms with van der Waals surface area (Å²) in [6.45, 7) is 18.5. The van der Waals surface area contributed by atoms with Crippen LogP contribution in [0.2, 0.25) is 0 Å². The average Bonchev–Trinajstić information content (AvgIpc) is 3.41. The maximum absolute atomic E-state index is 14.2. The molecule has 0 aliphatic carbocycles. The Kier molecular flexibility index (Phi) is 13.5. The lowest BCUT2D eigenvalue weighted by Crippen LogP contribution is -2.46. The highest BCUT2D eigenvalue weighted by atomic mass is 19.1. The van der Waals surface area contributed by atoms with Crippen LogP contribution in [0.5, 0.6) is 0 Å². The van der Waals surface area contributed by atoms with E-state index in [1.165, 1.54) is 12.1 Å². The summed E-state index contributed by atoms with van der Waals surface area (Å²) in [4.78, 5) is 39.1. The maximum Gasteiger partial charge on any atom is 0.308 e. The van der Waals surface area contributed by atoms with Gasteiger partial charge in [-0.15, -0.1) is 0 Å². The fourth-order valence-electron chi connectivity index (χ4n) is 8.61. The molecule has 0 saturated carbocycles. The van der Waals surface area contributed by atoms with Crippen molar-refractivity contribution in [3.8, 4) is 22.4 Å². The van der Waals surface area contributed by atoms with Crippen LogP contribution in [0.15, 0.2) is 54.6 Å². The van der Waals surface area contributed by atoms with Gasteiger partial charge in [0.15, 0.2) is 5.79 Å². The van der Waals surface area contributed by atoms with Gasteiger partial charge >= 0.3 is 5.97 Å². The lowest BCUT2D eigenvalue weighted by molar-refractivity contribution is -0.300. The van der Waals surface area contributed by atoms with Crippen LogP contribution in [0, 0.1) is 11.7 Å². The molecular formula is C45H62FN3O7. The number of ether oxygens (including phenoxy) is 4. The van der Waals surface area contributed by atoms with E-state index >= 15 is 0 Å². The normalized spacial score (nSPS) is 22.1. The first-order chi connectivity index (χ1) is 26.2. The van der Waals surface area contributed by atoms with Gasteiger partial charge in [-0.05, 0) is 121 Å². The Morgan fingerprint density at radius 2 is 1.54 bits per heavy atom. The predicted molar refractivity (Wildman–Crippen MR) is 215 cm³/mol. The number of esters is 1. The van der Waals surface area contributed by atoms with Gasteiger partial charge in [0.05, 0.1) is 48.0 Å². The molecule has 2 saturated heterocycles. The fraction of sp³-hybridized carbons (Fsp3) is 0.578. The first-order valence-corrected chi connectivity index (χ1v) is 20.1. The third-order valence-corrected chi connectivity index (χ3v) is 10.3. The minimum absolute atomic E-state index is 0.0230. The molecule has 0 spiro atoms. The molecule has 4 atom stereocenters. The van der Waals surface area contributed by atoms with Gasteiger partial charge < -0.3 is 34.6 Å². The van der Waals surface area contributed by atoms with E-state index in [1.807, 2.05) is 65.0 Å². The van der Waals surface area contributed by atoms with E-state index in [1.54, 1.807) is 12.1 Å². The molecule has 0 radical (unpaired) electrons. The summed E-state index contributed by atoms with van der Waals surface area (Å²) >= 11 is 0. The number of aromatic nitrogens is 1. The molecule has 2 amide bonds. The van der Waals surface area contributed by atoms with Gasteiger partial charge in [-0.2, -0.15) is 0 Å². The first kappa shape index (κ1) is 43.1. The van der Waals surface area contributed by atoms with E-state index in [0.717, 1.165) is 40.9 Å². The molecule has 56 heavy (non-hydrogen) atoms. The quantitative estimate of drug-likeness (QED) is 0.157. The fourth-order valence-corrected chi connectivity index (χ4v) is 8.61. The Labute approximate surface area is 332 Å². The molecule has 2 aliphatic heterocycles. The van der Waals surface area contributed by atoms with E-state index in [2.05, 4.69) is 37.6 Å². The Bertz CT molecular complexity index is 1830. The van der Waals surface area contributed by atoms with Crippen molar-refractivity contribution in [2.45, 2.75) is 155 Å². The summed E-state index contributed by atoms with van der Waals surface area (Å²) in [5, 5.41) is 3.07. The lowest BCUT2D eigenvalue weighted by atomic mass is 9.82. The molecule has 5 rings (SSSR count). The molecule has 2 aliphatic rings. The minimum atomic E-state index is -0.864. The Morgan fingerprint density at radius 3 is 2.16 bits per heavy atom. The number of carbonyl (C=O) groups excluding carboxylic acids is 3. The highest BCUT2D eigenvalue weighted by molar-refractivity contribution is 6.05. The van der Waals surface area contributed by atoms with Crippen LogP contribution in [0.25, 0.3) is 22.4 Å². The van der Waals surface area contributed by atoms with Gasteiger partial charge in [0.2, 0.25) is 5.91 Å². The second-order valence-corrected chi connectivity index (χ2v) is 17.9. The minimum Gasteiger partial charge on any atom is -0.460 e. The SMILES string of the molecule is CC(C)c1c(C(N)=O)c(-c2ccccc2)c(-c2ccc(F)cc2)n1CC[C@@H]1C[C@H](CC(=O)NCC[C@@H]2C[C@H](CC(=O)OC(C)(C)C)OC(C)(C)O2)OC(C)(C)C1. The van der Waals surface area contributed by atoms with Gasteiger partial charge in [0, 0.05) is 30.8 Å². The molecule has 11 heteroatoms. The third kappa shape index (κ3) is 11.5. The zero-order chi connectivity index (χ0) is 41.0. The lowest BCUT2D eigenvalue weighted by Gasteiger charge is -2.41. The van der Waals surface area contributed by atoms with Gasteiger partial charge in [-0.25, -0.2) is 4.39 Å². The molecule has 3 aromatic rings. The van der Waals surface area contributed by atoms with E-state index < -0.39 is 22.9 Å². The van der Waals surface area contributed by atoms with Gasteiger partial charge in [-0.1, -0.05) is 44.2 Å². The Morgan fingerprint density at radius 1 is 0.893 bits per heavy atom. The van der Waals surface area contributed by atoms with Crippen LogP contribution >= 0.6 is 0 Å². The Balaban J connectivity index is 1.27. The van der Waals surface area contributed by atoms with Crippen molar-refractivity contribution in [2.75, 3.05) is 6.54 Å². The predicted octanol–water partition coefficient (Wildman–Crippen LogP) is 8.69. The summed E-state index contributed by atoms with van der Waals surface area (Å²) in [7, 11) is 0. The molecule has 0 bridgehead atoms. The summed E-state index contributed by atoms with van der Waals surface area (Å²) < 4.78 is 40.5. The molecule has 2 fully saturated rings. The number of benzene rings is 2. The van der Waals surface area contributed by atoms with E-state index in [9.17, 15) is 18.8 Å². The number of nitrogens with two attached hydrogens (primary N) is 1. The zero-order valence-electron chi connectivity index (χ0n) is 34.7. The highest BCUT2D eigenvalue weighted by Crippen LogP contribution is 2.43. The van der Waals surface area contributed by atoms with E-state index in [-0.39, 0.29) is 60.7 Å². The van der Waals surface area contributed by atoms with Crippen molar-refractivity contribution in [1.29, 1.82) is 0 Å². The number of nitrogens with one attached hydrogen (secondary N) is 1. The van der Waals surface area contributed by atoms with Crippen LogP contribution < -0.4 is 11.1 Å². The molecule has 10 nitrogen and oxygen atoms in total. The van der Waals surface area contributed by atoms with Crippen LogP contribution in [0.1, 0.15) is 129 Å². The Hall–Kier alpha value is -4.06. The number of nitrogens with zero attached hydrogens (tertiary/aromatic N) is 1. The van der Waals surface area contributed by atoms with Crippen molar-refractivity contribution >= 4 is 17.8 Å². The molecular weight excluding hydrogens is 714 g/mol. The molecule has 2 aromatic carbocycles. The van der Waals surface area contributed by atoms with Crippen LogP contribution in [0.4, 0.5) is 4.39 Å². The van der Waals surface area contributed by atoms with Crippen LogP contribution in [-0.4, -0.2) is 64.2 Å². The first-order valence-electron chi connectivity index (χ1n) is 20.1. The van der Waals surface area contributed by atoms with Crippen molar-refractivity contribution < 1.29 is 37.7 Å². The number of hydrogen-bond acceptors (Lipinski definition) is 7. The van der Waals surface area contributed by atoms with E-state index in [0.29, 0.717) is 37.9 Å². The second-order valence-electron chi connectivity index (χ2n) is 17.9. The number of primary amides is 1. The topological polar surface area (TPSA) is 131 Å².